The number of carbonyl (C=O) groups is 1. The van der Waals surface area contributed by atoms with Crippen LogP contribution in [0.5, 0.6) is 5.75 Å². The molecule has 0 spiro atoms. The Bertz CT molecular complexity index is 1300. The van der Waals surface area contributed by atoms with E-state index in [2.05, 4.69) is 20.4 Å². The molecular formula is C24H23N7O2. The molecule has 0 bridgehead atoms. The van der Waals surface area contributed by atoms with Gasteiger partial charge in [-0.3, -0.25) is 19.4 Å². The van der Waals surface area contributed by atoms with Gasteiger partial charge in [-0.2, -0.15) is 10.1 Å². The lowest BCUT2D eigenvalue weighted by molar-refractivity contribution is -0.117. The quantitative estimate of drug-likeness (QED) is 0.486. The maximum absolute atomic E-state index is 12.5. The van der Waals surface area contributed by atoms with E-state index in [0.29, 0.717) is 36.2 Å². The first-order valence-corrected chi connectivity index (χ1v) is 10.7. The van der Waals surface area contributed by atoms with Gasteiger partial charge in [-0.15, -0.1) is 0 Å². The fourth-order valence-electron chi connectivity index (χ4n) is 3.86. The summed E-state index contributed by atoms with van der Waals surface area (Å²) in [4.78, 5) is 27.6. The van der Waals surface area contributed by atoms with Crippen LogP contribution in [0.25, 0.3) is 22.5 Å². The highest BCUT2D eigenvalue weighted by atomic mass is 16.5. The van der Waals surface area contributed by atoms with Gasteiger partial charge in [0.1, 0.15) is 5.69 Å². The molecule has 5 rings (SSSR count). The molecule has 1 N–H and O–H groups in total. The van der Waals surface area contributed by atoms with E-state index in [1.165, 1.54) is 0 Å². The summed E-state index contributed by atoms with van der Waals surface area (Å²) in [5, 5.41) is 7.80. The molecule has 9 heteroatoms. The van der Waals surface area contributed by atoms with Crippen molar-refractivity contribution in [3.05, 3.63) is 61.1 Å². The molecule has 0 aliphatic carbocycles. The Morgan fingerprint density at radius 2 is 1.88 bits per heavy atom. The van der Waals surface area contributed by atoms with Gasteiger partial charge in [0, 0.05) is 55.4 Å². The van der Waals surface area contributed by atoms with Crippen molar-refractivity contribution in [2.45, 2.75) is 12.8 Å². The molecule has 4 heterocycles. The van der Waals surface area contributed by atoms with Crippen LogP contribution in [0.4, 0.5) is 17.5 Å². The summed E-state index contributed by atoms with van der Waals surface area (Å²) in [5.41, 5.74) is 4.04. The molecule has 1 amide bonds. The highest BCUT2D eigenvalue weighted by Gasteiger charge is 2.27. The van der Waals surface area contributed by atoms with Gasteiger partial charge in [0.2, 0.25) is 11.9 Å². The topological polar surface area (TPSA) is 98.1 Å². The first kappa shape index (κ1) is 20.6. The summed E-state index contributed by atoms with van der Waals surface area (Å²) in [7, 11) is 3.47. The van der Waals surface area contributed by atoms with Crippen LogP contribution in [0.1, 0.15) is 12.8 Å². The Kier molecular flexibility index (Phi) is 5.43. The van der Waals surface area contributed by atoms with E-state index in [0.717, 1.165) is 28.9 Å². The first-order chi connectivity index (χ1) is 16.1. The second-order valence-electron chi connectivity index (χ2n) is 7.72. The van der Waals surface area contributed by atoms with E-state index in [1.54, 1.807) is 29.1 Å². The molecular weight excluding hydrogens is 418 g/mol. The minimum Gasteiger partial charge on any atom is -0.491 e. The number of aryl methyl sites for hydroxylation is 1. The fourth-order valence-corrected chi connectivity index (χ4v) is 3.86. The molecule has 33 heavy (non-hydrogen) atoms. The molecule has 166 valence electrons. The van der Waals surface area contributed by atoms with Crippen molar-refractivity contribution >= 4 is 23.4 Å². The lowest BCUT2D eigenvalue weighted by Gasteiger charge is -2.19. The molecule has 0 saturated carbocycles. The predicted molar refractivity (Wildman–Crippen MR) is 125 cm³/mol. The van der Waals surface area contributed by atoms with Crippen molar-refractivity contribution in [1.29, 1.82) is 0 Å². The Labute approximate surface area is 191 Å². The van der Waals surface area contributed by atoms with E-state index in [-0.39, 0.29) is 5.91 Å². The number of carbonyl (C=O) groups excluding carboxylic acids is 1. The molecule has 1 aliphatic rings. The largest absolute Gasteiger partial charge is 0.491 e. The minimum absolute atomic E-state index is 0.0169. The number of amides is 1. The molecule has 3 aromatic heterocycles. The molecule has 9 nitrogen and oxygen atoms in total. The van der Waals surface area contributed by atoms with Gasteiger partial charge in [-0.05, 0) is 30.7 Å². The Morgan fingerprint density at radius 3 is 2.58 bits per heavy atom. The monoisotopic (exact) mass is 441 g/mol. The van der Waals surface area contributed by atoms with Gasteiger partial charge >= 0.3 is 0 Å². The van der Waals surface area contributed by atoms with Gasteiger partial charge in [0.15, 0.2) is 11.6 Å². The average molecular weight is 441 g/mol. The lowest BCUT2D eigenvalue weighted by Crippen LogP contribution is -2.26. The summed E-state index contributed by atoms with van der Waals surface area (Å²) >= 11 is 0. The lowest BCUT2D eigenvalue weighted by atomic mass is 10.0. The number of ether oxygens (including phenoxy) is 1. The molecule has 1 aromatic carbocycles. The summed E-state index contributed by atoms with van der Waals surface area (Å²) in [5.74, 6) is 1.34. The van der Waals surface area contributed by atoms with Gasteiger partial charge < -0.3 is 10.1 Å². The van der Waals surface area contributed by atoms with E-state index >= 15 is 0 Å². The average Bonchev–Trinajstić information content (AvgIpc) is 3.47. The zero-order valence-electron chi connectivity index (χ0n) is 18.4. The summed E-state index contributed by atoms with van der Waals surface area (Å²) < 4.78 is 7.54. The number of pyridine rings is 1. The predicted octanol–water partition coefficient (Wildman–Crippen LogP) is 3.82. The standard InChI is InChI=1S/C24H23N7O2/c1-30-14-10-19(29-30)16-5-3-6-17(15-16)21-22(33-2)23(26-18-8-11-25-12-9-18)28-24(27-21)31-13-4-7-20(31)32/h3,5-6,8-12,14-15H,4,7,13H2,1-2H3,(H,25,26,27,28). The second kappa shape index (κ2) is 8.70. The summed E-state index contributed by atoms with van der Waals surface area (Å²) in [6.07, 6.45) is 6.57. The van der Waals surface area contributed by atoms with Crippen molar-refractivity contribution in [1.82, 2.24) is 24.7 Å². The van der Waals surface area contributed by atoms with Crippen LogP contribution in [-0.4, -0.2) is 44.3 Å². The molecule has 0 radical (unpaired) electrons. The van der Waals surface area contributed by atoms with Crippen LogP contribution >= 0.6 is 0 Å². The van der Waals surface area contributed by atoms with Gasteiger partial charge in [-0.1, -0.05) is 18.2 Å². The molecule has 1 fully saturated rings. The number of benzene rings is 1. The molecule has 0 unspecified atom stereocenters. The van der Waals surface area contributed by atoms with E-state index in [4.69, 9.17) is 9.72 Å². The van der Waals surface area contributed by atoms with Crippen LogP contribution < -0.4 is 15.0 Å². The number of aromatic nitrogens is 5. The molecule has 0 atom stereocenters. The fraction of sp³-hybridized carbons (Fsp3) is 0.208. The molecule has 1 aliphatic heterocycles. The maximum atomic E-state index is 12.5. The van der Waals surface area contributed by atoms with Crippen LogP contribution in [0.3, 0.4) is 0 Å². The Balaban J connectivity index is 1.65. The number of nitrogens with zero attached hydrogens (tertiary/aromatic N) is 6. The highest BCUT2D eigenvalue weighted by Crippen LogP contribution is 2.38. The van der Waals surface area contributed by atoms with E-state index < -0.39 is 0 Å². The number of methoxy groups -OCH3 is 1. The third kappa shape index (κ3) is 4.12. The third-order valence-corrected chi connectivity index (χ3v) is 5.46. The summed E-state index contributed by atoms with van der Waals surface area (Å²) in [6, 6.07) is 13.6. The van der Waals surface area contributed by atoms with Crippen LogP contribution in [0, 0.1) is 0 Å². The van der Waals surface area contributed by atoms with Gasteiger partial charge in [0.25, 0.3) is 0 Å². The first-order valence-electron chi connectivity index (χ1n) is 10.7. The van der Waals surface area contributed by atoms with E-state index in [1.807, 2.05) is 55.7 Å². The normalized spacial score (nSPS) is 13.4. The Morgan fingerprint density at radius 1 is 1.06 bits per heavy atom. The zero-order valence-corrected chi connectivity index (χ0v) is 18.4. The highest BCUT2D eigenvalue weighted by molar-refractivity contribution is 5.94. The number of nitrogens with one attached hydrogen (secondary N) is 1. The Hall–Kier alpha value is -4.27. The smallest absolute Gasteiger partial charge is 0.234 e. The SMILES string of the molecule is COc1c(Nc2ccncc2)nc(N2CCCC2=O)nc1-c1cccc(-c2ccn(C)n2)c1. The third-order valence-electron chi connectivity index (χ3n) is 5.46. The van der Waals surface area contributed by atoms with Crippen molar-refractivity contribution in [2.75, 3.05) is 23.9 Å². The number of hydrogen-bond donors (Lipinski definition) is 1. The summed E-state index contributed by atoms with van der Waals surface area (Å²) in [6.45, 7) is 0.591. The van der Waals surface area contributed by atoms with Crippen LogP contribution in [0.15, 0.2) is 61.1 Å². The van der Waals surface area contributed by atoms with E-state index in [9.17, 15) is 4.79 Å². The molecule has 1 saturated heterocycles. The maximum Gasteiger partial charge on any atom is 0.234 e. The zero-order chi connectivity index (χ0) is 22.8. The van der Waals surface area contributed by atoms with Crippen molar-refractivity contribution < 1.29 is 9.53 Å². The van der Waals surface area contributed by atoms with Gasteiger partial charge in [0.05, 0.1) is 12.8 Å². The molecule has 4 aromatic rings. The van der Waals surface area contributed by atoms with Gasteiger partial charge in [-0.25, -0.2) is 4.98 Å². The number of anilines is 3. The minimum atomic E-state index is 0.0169. The van der Waals surface area contributed by atoms with Crippen molar-refractivity contribution in [2.24, 2.45) is 7.05 Å². The number of hydrogen-bond acceptors (Lipinski definition) is 7. The van der Waals surface area contributed by atoms with Crippen molar-refractivity contribution in [3.63, 3.8) is 0 Å². The van der Waals surface area contributed by atoms with Crippen LogP contribution in [0.2, 0.25) is 0 Å². The second-order valence-corrected chi connectivity index (χ2v) is 7.72. The van der Waals surface area contributed by atoms with Crippen LogP contribution in [-0.2, 0) is 11.8 Å². The van der Waals surface area contributed by atoms with Crippen molar-refractivity contribution in [3.8, 4) is 28.3 Å². The number of rotatable bonds is 6.